The largest absolute Gasteiger partial charge is 0.477 e. The van der Waals surface area contributed by atoms with Gasteiger partial charge in [-0.05, 0) is 18.8 Å². The highest BCUT2D eigenvalue weighted by atomic mass is 35.5. The first kappa shape index (κ1) is 12.4. The number of halogens is 1. The lowest BCUT2D eigenvalue weighted by Gasteiger charge is -2.17. The van der Waals surface area contributed by atoms with Crippen molar-refractivity contribution in [1.29, 1.82) is 0 Å². The Bertz CT molecular complexity index is 361. The van der Waals surface area contributed by atoms with E-state index in [1.54, 1.807) is 12.4 Å². The van der Waals surface area contributed by atoms with E-state index in [0.717, 1.165) is 37.6 Å². The molecule has 1 fully saturated rings. The van der Waals surface area contributed by atoms with Crippen LogP contribution in [0.25, 0.3) is 0 Å². The second-order valence-corrected chi connectivity index (χ2v) is 4.63. The predicted octanol–water partition coefficient (Wildman–Crippen LogP) is 2.33. The number of anilines is 1. The molecule has 4 nitrogen and oxygen atoms in total. The number of aromatic nitrogens is 2. The molecule has 0 N–H and O–H groups in total. The standard InChI is InChI=1S/C12H18ClN3O/c1-2-5-17-12-8-14-7-11(15-12)16-4-3-10(6-13)9-16/h7-8,10H,2-6,9H2,1H3. The molecular weight excluding hydrogens is 238 g/mol. The van der Waals surface area contributed by atoms with Crippen LogP contribution in [0.2, 0.25) is 0 Å². The van der Waals surface area contributed by atoms with Gasteiger partial charge < -0.3 is 9.64 Å². The van der Waals surface area contributed by atoms with Gasteiger partial charge in [0.05, 0.1) is 19.0 Å². The molecule has 0 spiro atoms. The molecule has 1 aliphatic heterocycles. The summed E-state index contributed by atoms with van der Waals surface area (Å²) in [5.41, 5.74) is 0. The summed E-state index contributed by atoms with van der Waals surface area (Å²) in [5, 5.41) is 0. The van der Waals surface area contributed by atoms with Gasteiger partial charge in [0.1, 0.15) is 0 Å². The van der Waals surface area contributed by atoms with Gasteiger partial charge in [0.2, 0.25) is 5.88 Å². The van der Waals surface area contributed by atoms with Gasteiger partial charge in [0.25, 0.3) is 0 Å². The van der Waals surface area contributed by atoms with E-state index in [9.17, 15) is 0 Å². The minimum Gasteiger partial charge on any atom is -0.477 e. The third-order valence-electron chi connectivity index (χ3n) is 2.88. The molecule has 17 heavy (non-hydrogen) atoms. The molecule has 1 unspecified atom stereocenters. The topological polar surface area (TPSA) is 38.2 Å². The van der Waals surface area contributed by atoms with E-state index in [1.807, 2.05) is 0 Å². The maximum absolute atomic E-state index is 5.87. The van der Waals surface area contributed by atoms with Crippen LogP contribution in [0.5, 0.6) is 5.88 Å². The van der Waals surface area contributed by atoms with E-state index in [4.69, 9.17) is 16.3 Å². The fourth-order valence-corrected chi connectivity index (χ4v) is 2.19. The van der Waals surface area contributed by atoms with E-state index >= 15 is 0 Å². The van der Waals surface area contributed by atoms with E-state index in [-0.39, 0.29) is 0 Å². The molecular formula is C12H18ClN3O. The Balaban J connectivity index is 2.01. The molecule has 2 heterocycles. The quantitative estimate of drug-likeness (QED) is 0.757. The number of alkyl halides is 1. The maximum atomic E-state index is 5.87. The van der Waals surface area contributed by atoms with Crippen molar-refractivity contribution in [2.75, 3.05) is 30.5 Å². The molecule has 0 saturated carbocycles. The van der Waals surface area contributed by atoms with Crippen LogP contribution in [-0.4, -0.2) is 35.5 Å². The van der Waals surface area contributed by atoms with Crippen LogP contribution >= 0.6 is 11.6 Å². The SMILES string of the molecule is CCCOc1cncc(N2CCC(CCl)C2)n1. The van der Waals surface area contributed by atoms with Gasteiger partial charge >= 0.3 is 0 Å². The Kier molecular flexibility index (Phi) is 4.42. The summed E-state index contributed by atoms with van der Waals surface area (Å²) in [6, 6.07) is 0. The van der Waals surface area contributed by atoms with Gasteiger partial charge in [-0.1, -0.05) is 6.92 Å². The average molecular weight is 256 g/mol. The van der Waals surface area contributed by atoms with E-state index in [0.29, 0.717) is 18.4 Å². The lowest BCUT2D eigenvalue weighted by molar-refractivity contribution is 0.304. The van der Waals surface area contributed by atoms with Crippen molar-refractivity contribution in [3.8, 4) is 5.88 Å². The number of ether oxygens (including phenoxy) is 1. The lowest BCUT2D eigenvalue weighted by atomic mass is 10.2. The molecule has 0 aromatic carbocycles. The van der Waals surface area contributed by atoms with Crippen molar-refractivity contribution in [2.24, 2.45) is 5.92 Å². The predicted molar refractivity (Wildman–Crippen MR) is 68.9 cm³/mol. The Labute approximate surface area is 107 Å². The number of hydrogen-bond acceptors (Lipinski definition) is 4. The fraction of sp³-hybridized carbons (Fsp3) is 0.667. The van der Waals surface area contributed by atoms with Gasteiger partial charge in [-0.3, -0.25) is 4.98 Å². The zero-order chi connectivity index (χ0) is 12.1. The average Bonchev–Trinajstić information content (AvgIpc) is 2.85. The summed E-state index contributed by atoms with van der Waals surface area (Å²) in [6.45, 7) is 4.73. The molecule has 94 valence electrons. The van der Waals surface area contributed by atoms with Gasteiger partial charge in [-0.25, -0.2) is 0 Å². The minimum atomic E-state index is 0.568. The van der Waals surface area contributed by atoms with Gasteiger partial charge in [-0.15, -0.1) is 11.6 Å². The van der Waals surface area contributed by atoms with Crippen molar-refractivity contribution in [3.63, 3.8) is 0 Å². The van der Waals surface area contributed by atoms with Crippen LogP contribution in [0.15, 0.2) is 12.4 Å². The second kappa shape index (κ2) is 6.05. The lowest BCUT2D eigenvalue weighted by Crippen LogP contribution is -2.21. The van der Waals surface area contributed by atoms with Crippen LogP contribution < -0.4 is 9.64 Å². The second-order valence-electron chi connectivity index (χ2n) is 4.32. The summed E-state index contributed by atoms with van der Waals surface area (Å²) in [7, 11) is 0. The Morgan fingerprint density at radius 2 is 2.41 bits per heavy atom. The molecule has 2 rings (SSSR count). The molecule has 1 aromatic rings. The van der Waals surface area contributed by atoms with Crippen LogP contribution in [0.1, 0.15) is 19.8 Å². The van der Waals surface area contributed by atoms with Gasteiger partial charge in [-0.2, -0.15) is 4.98 Å². The highest BCUT2D eigenvalue weighted by molar-refractivity contribution is 6.18. The van der Waals surface area contributed by atoms with Crippen molar-refractivity contribution >= 4 is 17.4 Å². The third kappa shape index (κ3) is 3.22. The molecule has 0 aliphatic carbocycles. The summed E-state index contributed by atoms with van der Waals surface area (Å²) >= 11 is 5.87. The molecule has 0 radical (unpaired) electrons. The minimum absolute atomic E-state index is 0.568. The summed E-state index contributed by atoms with van der Waals surface area (Å²) in [6.07, 6.45) is 5.55. The van der Waals surface area contributed by atoms with Crippen molar-refractivity contribution < 1.29 is 4.74 Å². The smallest absolute Gasteiger partial charge is 0.234 e. The molecule has 1 aromatic heterocycles. The van der Waals surface area contributed by atoms with Crippen LogP contribution in [0.3, 0.4) is 0 Å². The van der Waals surface area contributed by atoms with Crippen molar-refractivity contribution in [2.45, 2.75) is 19.8 Å². The first-order valence-electron chi connectivity index (χ1n) is 6.09. The Morgan fingerprint density at radius 1 is 1.53 bits per heavy atom. The van der Waals surface area contributed by atoms with Gasteiger partial charge in [0, 0.05) is 19.0 Å². The molecule has 1 atom stereocenters. The van der Waals surface area contributed by atoms with Crippen molar-refractivity contribution in [3.05, 3.63) is 12.4 Å². The molecule has 1 saturated heterocycles. The van der Waals surface area contributed by atoms with E-state index < -0.39 is 0 Å². The van der Waals surface area contributed by atoms with Crippen LogP contribution in [-0.2, 0) is 0 Å². The monoisotopic (exact) mass is 255 g/mol. The highest BCUT2D eigenvalue weighted by Crippen LogP contribution is 2.23. The van der Waals surface area contributed by atoms with E-state index in [2.05, 4.69) is 21.8 Å². The van der Waals surface area contributed by atoms with Crippen molar-refractivity contribution in [1.82, 2.24) is 9.97 Å². The summed E-state index contributed by atoms with van der Waals surface area (Å²) < 4.78 is 5.48. The van der Waals surface area contributed by atoms with Crippen LogP contribution in [0.4, 0.5) is 5.82 Å². The maximum Gasteiger partial charge on any atom is 0.234 e. The Hall–Kier alpha value is -1.03. The van der Waals surface area contributed by atoms with Gasteiger partial charge in [0.15, 0.2) is 5.82 Å². The molecule has 5 heteroatoms. The number of hydrogen-bond donors (Lipinski definition) is 0. The van der Waals surface area contributed by atoms with E-state index in [1.165, 1.54) is 0 Å². The Morgan fingerprint density at radius 3 is 3.12 bits per heavy atom. The number of nitrogens with zero attached hydrogens (tertiary/aromatic N) is 3. The number of rotatable bonds is 5. The molecule has 0 bridgehead atoms. The summed E-state index contributed by atoms with van der Waals surface area (Å²) in [5.74, 6) is 2.79. The third-order valence-corrected chi connectivity index (χ3v) is 3.32. The van der Waals surface area contributed by atoms with Crippen LogP contribution in [0, 0.1) is 5.92 Å². The first-order chi connectivity index (χ1) is 8.33. The molecule has 1 aliphatic rings. The zero-order valence-electron chi connectivity index (χ0n) is 10.1. The summed E-state index contributed by atoms with van der Waals surface area (Å²) in [4.78, 5) is 10.9. The fourth-order valence-electron chi connectivity index (χ4n) is 1.93. The normalized spacial score (nSPS) is 19.6. The zero-order valence-corrected chi connectivity index (χ0v) is 10.9. The molecule has 0 amide bonds. The first-order valence-corrected chi connectivity index (χ1v) is 6.62. The highest BCUT2D eigenvalue weighted by Gasteiger charge is 2.23.